The van der Waals surface area contributed by atoms with Gasteiger partial charge in [-0.15, -0.1) is 11.3 Å². The second-order valence-corrected chi connectivity index (χ2v) is 5.80. The van der Waals surface area contributed by atoms with Crippen LogP contribution in [0.2, 0.25) is 0 Å². The molecule has 0 aliphatic carbocycles. The average Bonchev–Trinajstić information content (AvgIpc) is 2.87. The van der Waals surface area contributed by atoms with Gasteiger partial charge in [0, 0.05) is 13.1 Å². The Kier molecular flexibility index (Phi) is 3.18. The van der Waals surface area contributed by atoms with Gasteiger partial charge in [0.05, 0.1) is 11.5 Å². The van der Waals surface area contributed by atoms with Crippen molar-refractivity contribution in [2.45, 2.75) is 25.9 Å². The van der Waals surface area contributed by atoms with Crippen molar-refractivity contribution in [2.24, 2.45) is 5.92 Å². The first-order valence-corrected chi connectivity index (χ1v) is 7.25. The summed E-state index contributed by atoms with van der Waals surface area (Å²) in [5, 5.41) is 12.8. The number of aliphatic hydroxyl groups excluding tert-OH is 1. The molecule has 1 unspecified atom stereocenters. The molecule has 1 atom stereocenters. The molecule has 1 fully saturated rings. The van der Waals surface area contributed by atoms with Crippen molar-refractivity contribution in [1.82, 2.24) is 9.97 Å². The summed E-state index contributed by atoms with van der Waals surface area (Å²) in [4.78, 5) is 12.1. The van der Waals surface area contributed by atoms with Crippen LogP contribution in [0.25, 0.3) is 10.2 Å². The molecule has 5 heteroatoms. The van der Waals surface area contributed by atoms with E-state index in [-0.39, 0.29) is 6.10 Å². The second kappa shape index (κ2) is 4.82. The Bertz CT molecular complexity index is 532. The van der Waals surface area contributed by atoms with E-state index in [4.69, 9.17) is 0 Å². The largest absolute Gasteiger partial charge is 0.393 e. The first-order valence-electron chi connectivity index (χ1n) is 6.37. The van der Waals surface area contributed by atoms with Crippen molar-refractivity contribution < 1.29 is 5.11 Å². The molecular formula is C13H17N3OS. The summed E-state index contributed by atoms with van der Waals surface area (Å²) in [5.74, 6) is 1.48. The van der Waals surface area contributed by atoms with Crippen LogP contribution in [-0.4, -0.2) is 34.3 Å². The lowest BCUT2D eigenvalue weighted by atomic mass is 9.92. The smallest absolute Gasteiger partial charge is 0.140 e. The standard InChI is InChI=1S/C13H17N3OS/c1-9(17)10-2-5-16(6-3-10)12-11-4-7-18-13(11)15-8-14-12/h4,7-10,17H,2-3,5-6H2,1H3. The molecule has 1 aliphatic heterocycles. The van der Waals surface area contributed by atoms with Gasteiger partial charge in [-0.2, -0.15) is 0 Å². The Hall–Kier alpha value is -1.20. The van der Waals surface area contributed by atoms with E-state index in [1.165, 1.54) is 0 Å². The van der Waals surface area contributed by atoms with Crippen LogP contribution in [-0.2, 0) is 0 Å². The predicted octanol–water partition coefficient (Wildman–Crippen LogP) is 2.29. The monoisotopic (exact) mass is 263 g/mol. The minimum atomic E-state index is -0.196. The molecule has 3 heterocycles. The van der Waals surface area contributed by atoms with Crippen LogP contribution in [0, 0.1) is 5.92 Å². The van der Waals surface area contributed by atoms with Crippen molar-refractivity contribution in [3.63, 3.8) is 0 Å². The number of piperidine rings is 1. The zero-order chi connectivity index (χ0) is 12.5. The summed E-state index contributed by atoms with van der Waals surface area (Å²) >= 11 is 1.65. The zero-order valence-corrected chi connectivity index (χ0v) is 11.2. The Morgan fingerprint density at radius 1 is 1.39 bits per heavy atom. The number of nitrogens with zero attached hydrogens (tertiary/aromatic N) is 3. The molecule has 2 aromatic heterocycles. The van der Waals surface area contributed by atoms with Gasteiger partial charge in [-0.05, 0) is 37.1 Å². The highest BCUT2D eigenvalue weighted by atomic mass is 32.1. The molecule has 0 amide bonds. The molecule has 1 N–H and O–H groups in total. The molecule has 4 nitrogen and oxygen atoms in total. The topological polar surface area (TPSA) is 49.2 Å². The van der Waals surface area contributed by atoms with E-state index in [1.807, 2.05) is 6.92 Å². The fourth-order valence-electron chi connectivity index (χ4n) is 2.62. The normalized spacial score (nSPS) is 19.3. The van der Waals surface area contributed by atoms with Gasteiger partial charge < -0.3 is 10.0 Å². The van der Waals surface area contributed by atoms with Gasteiger partial charge in [0.1, 0.15) is 17.0 Å². The predicted molar refractivity (Wildman–Crippen MR) is 74.0 cm³/mol. The first-order chi connectivity index (χ1) is 8.75. The van der Waals surface area contributed by atoms with Crippen LogP contribution >= 0.6 is 11.3 Å². The summed E-state index contributed by atoms with van der Waals surface area (Å²) < 4.78 is 0. The van der Waals surface area contributed by atoms with Gasteiger partial charge in [0.15, 0.2) is 0 Å². The number of anilines is 1. The number of hydrogen-bond acceptors (Lipinski definition) is 5. The van der Waals surface area contributed by atoms with E-state index in [1.54, 1.807) is 17.7 Å². The van der Waals surface area contributed by atoms with Crippen molar-refractivity contribution in [2.75, 3.05) is 18.0 Å². The molecule has 0 saturated carbocycles. The lowest BCUT2D eigenvalue weighted by molar-refractivity contribution is 0.110. The SMILES string of the molecule is CC(O)C1CCN(c2ncnc3sccc23)CC1. The first kappa shape index (κ1) is 11.9. The minimum absolute atomic E-state index is 0.196. The van der Waals surface area contributed by atoms with Crippen LogP contribution in [0.15, 0.2) is 17.8 Å². The zero-order valence-electron chi connectivity index (χ0n) is 10.4. The van der Waals surface area contributed by atoms with E-state index in [9.17, 15) is 5.11 Å². The number of thiophene rings is 1. The maximum absolute atomic E-state index is 9.63. The molecule has 18 heavy (non-hydrogen) atoms. The molecular weight excluding hydrogens is 246 g/mol. The summed E-state index contributed by atoms with van der Waals surface area (Å²) in [6, 6.07) is 2.09. The van der Waals surface area contributed by atoms with Gasteiger partial charge in [-0.25, -0.2) is 9.97 Å². The highest BCUT2D eigenvalue weighted by molar-refractivity contribution is 7.16. The van der Waals surface area contributed by atoms with Crippen molar-refractivity contribution in [3.05, 3.63) is 17.8 Å². The second-order valence-electron chi connectivity index (χ2n) is 4.90. The third-order valence-electron chi connectivity index (χ3n) is 3.76. The summed E-state index contributed by atoms with van der Waals surface area (Å²) in [6.07, 6.45) is 3.52. The minimum Gasteiger partial charge on any atom is -0.393 e. The number of rotatable bonds is 2. The Labute approximate surface area is 110 Å². The van der Waals surface area contributed by atoms with Gasteiger partial charge in [-0.3, -0.25) is 0 Å². The van der Waals surface area contributed by atoms with Crippen LogP contribution in [0.1, 0.15) is 19.8 Å². The van der Waals surface area contributed by atoms with Crippen LogP contribution in [0.4, 0.5) is 5.82 Å². The Balaban J connectivity index is 1.82. The van der Waals surface area contributed by atoms with Crippen molar-refractivity contribution in [3.8, 4) is 0 Å². The number of hydrogen-bond donors (Lipinski definition) is 1. The average molecular weight is 263 g/mol. The lowest BCUT2D eigenvalue weighted by Crippen LogP contribution is -2.37. The van der Waals surface area contributed by atoms with E-state index in [2.05, 4.69) is 26.3 Å². The third kappa shape index (κ3) is 2.08. The molecule has 2 aromatic rings. The van der Waals surface area contributed by atoms with E-state index >= 15 is 0 Å². The summed E-state index contributed by atoms with van der Waals surface area (Å²) in [6.45, 7) is 3.83. The summed E-state index contributed by atoms with van der Waals surface area (Å²) in [5.41, 5.74) is 0. The lowest BCUT2D eigenvalue weighted by Gasteiger charge is -2.34. The number of aliphatic hydroxyl groups is 1. The van der Waals surface area contributed by atoms with Crippen LogP contribution < -0.4 is 4.90 Å². The van der Waals surface area contributed by atoms with Gasteiger partial charge in [0.25, 0.3) is 0 Å². The van der Waals surface area contributed by atoms with E-state index in [0.717, 1.165) is 42.0 Å². The van der Waals surface area contributed by atoms with Crippen LogP contribution in [0.3, 0.4) is 0 Å². The fraction of sp³-hybridized carbons (Fsp3) is 0.538. The fourth-order valence-corrected chi connectivity index (χ4v) is 3.35. The Morgan fingerprint density at radius 3 is 2.89 bits per heavy atom. The molecule has 0 bridgehead atoms. The molecule has 1 aliphatic rings. The van der Waals surface area contributed by atoms with Gasteiger partial charge >= 0.3 is 0 Å². The maximum atomic E-state index is 9.63. The van der Waals surface area contributed by atoms with Gasteiger partial charge in [-0.1, -0.05) is 0 Å². The van der Waals surface area contributed by atoms with E-state index < -0.39 is 0 Å². The van der Waals surface area contributed by atoms with Crippen LogP contribution in [0.5, 0.6) is 0 Å². The maximum Gasteiger partial charge on any atom is 0.140 e. The number of aromatic nitrogens is 2. The molecule has 0 radical (unpaired) electrons. The molecule has 0 aromatic carbocycles. The molecule has 96 valence electrons. The molecule has 1 saturated heterocycles. The number of fused-ring (bicyclic) bond motifs is 1. The highest BCUT2D eigenvalue weighted by Gasteiger charge is 2.24. The third-order valence-corrected chi connectivity index (χ3v) is 4.58. The molecule has 3 rings (SSSR count). The van der Waals surface area contributed by atoms with E-state index in [0.29, 0.717) is 5.92 Å². The quantitative estimate of drug-likeness (QED) is 0.903. The Morgan fingerprint density at radius 2 is 2.17 bits per heavy atom. The van der Waals surface area contributed by atoms with Crippen molar-refractivity contribution >= 4 is 27.4 Å². The van der Waals surface area contributed by atoms with Gasteiger partial charge in [0.2, 0.25) is 0 Å². The highest BCUT2D eigenvalue weighted by Crippen LogP contribution is 2.30. The summed E-state index contributed by atoms with van der Waals surface area (Å²) in [7, 11) is 0. The molecule has 0 spiro atoms. The van der Waals surface area contributed by atoms with Crippen molar-refractivity contribution in [1.29, 1.82) is 0 Å².